The number of rotatable bonds is 16. The molecule has 9 unspecified atom stereocenters. The molecule has 13 nitrogen and oxygen atoms in total. The Kier molecular flexibility index (Phi) is 14.1. The van der Waals surface area contributed by atoms with Crippen LogP contribution in [0.15, 0.2) is 71.2 Å². The average molecular weight is 791 g/mol. The average Bonchev–Trinajstić information content (AvgIpc) is 3.55. The van der Waals surface area contributed by atoms with Crippen molar-refractivity contribution in [3.05, 3.63) is 82.3 Å². The molecule has 0 aromatic heterocycles. The minimum absolute atomic E-state index is 0.0247. The van der Waals surface area contributed by atoms with Gasteiger partial charge in [0.1, 0.15) is 37.1 Å². The Labute approximate surface area is 312 Å². The number of halogens is 1. The molecule has 0 radical (unpaired) electrons. The highest BCUT2D eigenvalue weighted by Crippen LogP contribution is 2.38. The molecule has 3 aliphatic rings. The van der Waals surface area contributed by atoms with E-state index in [9.17, 15) is 24.6 Å². The monoisotopic (exact) mass is 789 g/mol. The van der Waals surface area contributed by atoms with Gasteiger partial charge in [-0.3, -0.25) is 9.59 Å². The maximum absolute atomic E-state index is 13.5. The van der Waals surface area contributed by atoms with Crippen LogP contribution in [0.5, 0.6) is 0 Å². The summed E-state index contributed by atoms with van der Waals surface area (Å²) in [6.07, 6.45) is -4.68. The van der Waals surface area contributed by atoms with Crippen molar-refractivity contribution < 1.29 is 57.8 Å². The van der Waals surface area contributed by atoms with Gasteiger partial charge in [-0.2, -0.15) is 0 Å². The van der Waals surface area contributed by atoms with Crippen LogP contribution in [0.1, 0.15) is 44.7 Å². The van der Waals surface area contributed by atoms with Crippen molar-refractivity contribution in [2.45, 2.75) is 95.5 Å². The van der Waals surface area contributed by atoms with E-state index in [0.29, 0.717) is 0 Å². The molecule has 2 aromatic carbocycles. The van der Waals surface area contributed by atoms with Gasteiger partial charge in [-0.05, 0) is 45.5 Å². The molecule has 14 heteroatoms. The fourth-order valence-corrected chi connectivity index (χ4v) is 7.06. The lowest BCUT2D eigenvalue weighted by molar-refractivity contribution is -0.320. The van der Waals surface area contributed by atoms with E-state index in [1.807, 2.05) is 74.5 Å². The van der Waals surface area contributed by atoms with Gasteiger partial charge in [-0.1, -0.05) is 81.4 Å². The van der Waals surface area contributed by atoms with E-state index < -0.39 is 72.3 Å². The van der Waals surface area contributed by atoms with Gasteiger partial charge in [0.2, 0.25) is 5.91 Å². The van der Waals surface area contributed by atoms with Crippen LogP contribution >= 0.6 is 15.9 Å². The van der Waals surface area contributed by atoms with Crippen molar-refractivity contribution in [3.63, 3.8) is 0 Å². The number of carbonyl (C=O) groups excluding carboxylic acids is 3. The Morgan fingerprint density at radius 1 is 0.962 bits per heavy atom. The number of methoxy groups -OCH3 is 1. The van der Waals surface area contributed by atoms with E-state index >= 15 is 0 Å². The van der Waals surface area contributed by atoms with Crippen molar-refractivity contribution in [1.82, 2.24) is 4.90 Å². The summed E-state index contributed by atoms with van der Waals surface area (Å²) in [4.78, 5) is 40.0. The molecule has 284 valence electrons. The fourth-order valence-electron chi connectivity index (χ4n) is 6.55. The summed E-state index contributed by atoms with van der Waals surface area (Å²) in [6.45, 7) is 5.50. The zero-order valence-electron chi connectivity index (χ0n) is 29.8. The van der Waals surface area contributed by atoms with E-state index in [1.165, 1.54) is 20.1 Å². The summed E-state index contributed by atoms with van der Waals surface area (Å²) in [5.41, 5.74) is 1.86. The van der Waals surface area contributed by atoms with Gasteiger partial charge in [0.05, 0.1) is 36.3 Å². The number of nitrogens with zero attached hydrogens (tertiary/aromatic N) is 1. The van der Waals surface area contributed by atoms with E-state index in [1.54, 1.807) is 0 Å². The number of cyclic esters (lactones) is 1. The molecule has 9 atom stereocenters. The van der Waals surface area contributed by atoms with Crippen LogP contribution < -0.4 is 0 Å². The van der Waals surface area contributed by atoms with Gasteiger partial charge in [-0.25, -0.2) is 9.69 Å². The quantitative estimate of drug-likeness (QED) is 0.233. The SMILES string of the molecule is COC1OC(CO)C(OCc2ccccc2)C(OCc2ccccc2)C1OCCCC1(O)OC(C(C)C(=O)N2C(=O)OCC2C(C)C)C(=O)C=C1Br. The number of amides is 2. The van der Waals surface area contributed by atoms with Gasteiger partial charge in [-0.15, -0.1) is 0 Å². The molecule has 3 heterocycles. The van der Waals surface area contributed by atoms with Crippen LogP contribution in [0.4, 0.5) is 4.79 Å². The van der Waals surface area contributed by atoms with Crippen molar-refractivity contribution >= 4 is 33.7 Å². The number of aliphatic hydroxyl groups is 2. The normalized spacial score (nSPS) is 30.0. The third-order valence-corrected chi connectivity index (χ3v) is 10.4. The first-order chi connectivity index (χ1) is 25.0. The summed E-state index contributed by atoms with van der Waals surface area (Å²) in [5, 5.41) is 21.9. The molecule has 0 spiro atoms. The lowest BCUT2D eigenvalue weighted by Gasteiger charge is -2.45. The molecule has 2 fully saturated rings. The first-order valence-electron chi connectivity index (χ1n) is 17.5. The second-order valence-corrected chi connectivity index (χ2v) is 14.4. The largest absolute Gasteiger partial charge is 0.447 e. The maximum Gasteiger partial charge on any atom is 0.416 e. The smallest absolute Gasteiger partial charge is 0.416 e. The first-order valence-corrected chi connectivity index (χ1v) is 18.3. The maximum atomic E-state index is 13.5. The molecule has 0 saturated carbocycles. The summed E-state index contributed by atoms with van der Waals surface area (Å²) in [7, 11) is 1.47. The van der Waals surface area contributed by atoms with Gasteiger partial charge in [0, 0.05) is 20.1 Å². The Hall–Kier alpha value is -3.05. The van der Waals surface area contributed by atoms with E-state index in [0.717, 1.165) is 16.0 Å². The molecule has 2 saturated heterocycles. The van der Waals surface area contributed by atoms with Crippen LogP contribution in [0, 0.1) is 11.8 Å². The lowest BCUT2D eigenvalue weighted by atomic mass is 9.93. The van der Waals surface area contributed by atoms with Gasteiger partial charge in [0.25, 0.3) is 0 Å². The second kappa shape index (κ2) is 18.3. The lowest BCUT2D eigenvalue weighted by Crippen LogP contribution is -2.61. The molecule has 52 heavy (non-hydrogen) atoms. The fraction of sp³-hybridized carbons (Fsp3) is 0.553. The first kappa shape index (κ1) is 40.1. The number of aliphatic hydroxyl groups excluding tert-OH is 1. The topological polar surface area (TPSA) is 160 Å². The highest BCUT2D eigenvalue weighted by atomic mass is 79.9. The van der Waals surface area contributed by atoms with Crippen LogP contribution in [0.25, 0.3) is 0 Å². The molecular formula is C38H48BrNO12. The van der Waals surface area contributed by atoms with E-state index in [2.05, 4.69) is 15.9 Å². The molecule has 3 aliphatic heterocycles. The molecular weight excluding hydrogens is 742 g/mol. The van der Waals surface area contributed by atoms with Crippen molar-refractivity contribution in [2.24, 2.45) is 11.8 Å². The number of hydrogen-bond acceptors (Lipinski definition) is 12. The van der Waals surface area contributed by atoms with Crippen LogP contribution in [-0.4, -0.2) is 108 Å². The second-order valence-electron chi connectivity index (χ2n) is 13.5. The zero-order chi connectivity index (χ0) is 37.4. The molecule has 2 aromatic rings. The predicted molar refractivity (Wildman–Crippen MR) is 190 cm³/mol. The highest BCUT2D eigenvalue weighted by Gasteiger charge is 2.50. The van der Waals surface area contributed by atoms with Crippen LogP contribution in [0.2, 0.25) is 0 Å². The Balaban J connectivity index is 1.27. The molecule has 0 aliphatic carbocycles. The predicted octanol–water partition coefficient (Wildman–Crippen LogP) is 4.26. The summed E-state index contributed by atoms with van der Waals surface area (Å²) in [5.74, 6) is -4.26. The van der Waals surface area contributed by atoms with Crippen molar-refractivity contribution in [2.75, 3.05) is 26.9 Å². The zero-order valence-corrected chi connectivity index (χ0v) is 31.4. The standard InChI is InChI=1S/C38H48BrNO12/c1-23(2)27-22-50-37(44)40(27)35(43)24(3)31-28(42)18-30(39)38(45,52-31)16-11-17-47-34-33(49-21-26-14-9-6-10-15-26)32(29(19-41)51-36(34)46-4)48-20-25-12-7-5-8-13-25/h5-10,12-15,18,23-24,27,29,31-34,36,41,45H,11,16-17,19-22H2,1-4H3. The molecule has 5 rings (SSSR count). The minimum atomic E-state index is -1.96. The van der Waals surface area contributed by atoms with Crippen LogP contribution in [-0.2, 0) is 56.0 Å². The van der Waals surface area contributed by atoms with Gasteiger partial charge in [0.15, 0.2) is 17.9 Å². The Morgan fingerprint density at radius 2 is 1.58 bits per heavy atom. The van der Waals surface area contributed by atoms with E-state index in [-0.39, 0.29) is 56.3 Å². The number of imide groups is 1. The van der Waals surface area contributed by atoms with E-state index in [4.69, 9.17) is 33.2 Å². The third-order valence-electron chi connectivity index (χ3n) is 9.55. The third kappa shape index (κ3) is 9.35. The highest BCUT2D eigenvalue weighted by molar-refractivity contribution is 9.11. The Bertz CT molecular complexity index is 1530. The number of carbonyl (C=O) groups is 3. The van der Waals surface area contributed by atoms with Gasteiger partial charge >= 0.3 is 6.09 Å². The van der Waals surface area contributed by atoms with Crippen LogP contribution in [0.3, 0.4) is 0 Å². The summed E-state index contributed by atoms with van der Waals surface area (Å²) >= 11 is 3.28. The summed E-state index contributed by atoms with van der Waals surface area (Å²) in [6, 6.07) is 18.8. The number of benzene rings is 2. The summed E-state index contributed by atoms with van der Waals surface area (Å²) < 4.78 is 42.1. The number of ketones is 1. The van der Waals surface area contributed by atoms with Crippen molar-refractivity contribution in [1.29, 1.82) is 0 Å². The molecule has 2 N–H and O–H groups in total. The minimum Gasteiger partial charge on any atom is -0.447 e. The van der Waals surface area contributed by atoms with Crippen molar-refractivity contribution in [3.8, 4) is 0 Å². The number of ether oxygens (including phenoxy) is 7. The number of hydrogen-bond donors (Lipinski definition) is 2. The van der Waals surface area contributed by atoms with Gasteiger partial charge < -0.3 is 43.4 Å². The molecule has 2 amide bonds. The Morgan fingerprint density at radius 3 is 2.15 bits per heavy atom. The molecule has 0 bridgehead atoms.